The van der Waals surface area contributed by atoms with E-state index in [2.05, 4.69) is 15.7 Å². The summed E-state index contributed by atoms with van der Waals surface area (Å²) in [5, 5.41) is 10.3. The van der Waals surface area contributed by atoms with E-state index in [1.807, 2.05) is 47.9 Å². The van der Waals surface area contributed by atoms with Crippen LogP contribution in [0.5, 0.6) is 0 Å². The van der Waals surface area contributed by atoms with Gasteiger partial charge in [-0.1, -0.05) is 12.5 Å². The fourth-order valence-corrected chi connectivity index (χ4v) is 6.19. The molecule has 2 aliphatic heterocycles. The van der Waals surface area contributed by atoms with Gasteiger partial charge in [0, 0.05) is 61.1 Å². The number of likely N-dealkylation sites (tertiary alicyclic amines) is 2. The zero-order chi connectivity index (χ0) is 25.3. The summed E-state index contributed by atoms with van der Waals surface area (Å²) in [6.07, 6.45) is 7.34. The van der Waals surface area contributed by atoms with Crippen molar-refractivity contribution in [2.24, 2.45) is 11.3 Å². The van der Waals surface area contributed by atoms with Gasteiger partial charge in [0.2, 0.25) is 5.91 Å². The van der Waals surface area contributed by atoms with E-state index < -0.39 is 0 Å². The number of nitrogens with one attached hydrogen (secondary N) is 2. The SMILES string of the molecule is CC(C)n1nccc1C(=O)N1CCC2(CCCC2C(=O)Nc2cccc(NC(=O)N3CCCC3)c2)C1. The summed E-state index contributed by atoms with van der Waals surface area (Å²) in [4.78, 5) is 42.9. The highest BCUT2D eigenvalue weighted by atomic mass is 16.2. The van der Waals surface area contributed by atoms with Crippen molar-refractivity contribution >= 4 is 29.2 Å². The average molecular weight is 493 g/mol. The third kappa shape index (κ3) is 4.70. The first-order chi connectivity index (χ1) is 17.4. The highest BCUT2D eigenvalue weighted by Crippen LogP contribution is 2.50. The average Bonchev–Trinajstić information content (AvgIpc) is 3.66. The lowest BCUT2D eigenvalue weighted by atomic mass is 9.76. The number of carbonyl (C=O) groups excluding carboxylic acids is 3. The Labute approximate surface area is 212 Å². The first-order valence-electron chi connectivity index (χ1n) is 13.2. The van der Waals surface area contributed by atoms with E-state index in [1.54, 1.807) is 16.9 Å². The second-order valence-electron chi connectivity index (χ2n) is 10.7. The zero-order valence-electron chi connectivity index (χ0n) is 21.2. The van der Waals surface area contributed by atoms with Crippen molar-refractivity contribution in [2.45, 2.75) is 58.4 Å². The molecule has 1 aromatic heterocycles. The molecular weight excluding hydrogens is 456 g/mol. The third-order valence-electron chi connectivity index (χ3n) is 8.05. The van der Waals surface area contributed by atoms with Crippen LogP contribution >= 0.6 is 0 Å². The molecule has 3 heterocycles. The molecular formula is C27H36N6O3. The van der Waals surface area contributed by atoms with Crippen LogP contribution in [0.4, 0.5) is 16.2 Å². The van der Waals surface area contributed by atoms with E-state index in [0.717, 1.165) is 51.6 Å². The number of hydrogen-bond acceptors (Lipinski definition) is 4. The summed E-state index contributed by atoms with van der Waals surface area (Å²) in [6, 6.07) is 9.13. The van der Waals surface area contributed by atoms with Crippen LogP contribution in [0.2, 0.25) is 0 Å². The standard InChI is InChI=1S/C27H36N6O3/c1-19(2)33-23(10-13-28-33)25(35)32-16-12-27(18-32)11-6-9-22(27)24(34)29-20-7-5-8-21(17-20)30-26(36)31-14-3-4-15-31/h5,7-8,10,13,17,19,22H,3-4,6,9,11-12,14-16,18H2,1-2H3,(H,29,34)(H,30,36). The Morgan fingerprint density at radius 1 is 0.972 bits per heavy atom. The molecule has 1 spiro atoms. The van der Waals surface area contributed by atoms with Crippen LogP contribution in [0, 0.1) is 11.3 Å². The lowest BCUT2D eigenvalue weighted by molar-refractivity contribution is -0.122. The number of urea groups is 1. The molecule has 4 amide bonds. The van der Waals surface area contributed by atoms with Crippen LogP contribution in [0.1, 0.15) is 68.9 Å². The fourth-order valence-electron chi connectivity index (χ4n) is 6.19. The highest BCUT2D eigenvalue weighted by molar-refractivity contribution is 5.96. The van der Waals surface area contributed by atoms with Gasteiger partial charge in [0.05, 0.1) is 0 Å². The first kappa shape index (κ1) is 24.3. The number of carbonyl (C=O) groups is 3. The Hall–Kier alpha value is -3.36. The number of aromatic nitrogens is 2. The Balaban J connectivity index is 1.24. The van der Waals surface area contributed by atoms with Crippen LogP contribution in [0.25, 0.3) is 0 Å². The summed E-state index contributed by atoms with van der Waals surface area (Å²) in [5.41, 5.74) is 1.76. The molecule has 1 aliphatic carbocycles. The van der Waals surface area contributed by atoms with Crippen LogP contribution < -0.4 is 10.6 Å². The lowest BCUT2D eigenvalue weighted by Crippen LogP contribution is -2.39. The van der Waals surface area contributed by atoms with Crippen LogP contribution in [-0.2, 0) is 4.79 Å². The third-order valence-corrected chi connectivity index (χ3v) is 8.05. The molecule has 1 saturated carbocycles. The van der Waals surface area contributed by atoms with Gasteiger partial charge >= 0.3 is 6.03 Å². The topological polar surface area (TPSA) is 99.6 Å². The normalized spacial score (nSPS) is 23.6. The van der Waals surface area contributed by atoms with E-state index in [4.69, 9.17) is 0 Å². The minimum atomic E-state index is -0.190. The Bertz CT molecular complexity index is 1140. The van der Waals surface area contributed by atoms with Gasteiger partial charge in [-0.25, -0.2) is 4.79 Å². The smallest absolute Gasteiger partial charge is 0.321 e. The van der Waals surface area contributed by atoms with E-state index >= 15 is 0 Å². The molecule has 2 saturated heterocycles. The molecule has 9 nitrogen and oxygen atoms in total. The number of amides is 4. The van der Waals surface area contributed by atoms with Crippen LogP contribution in [-0.4, -0.2) is 63.6 Å². The maximum atomic E-state index is 13.4. The summed E-state index contributed by atoms with van der Waals surface area (Å²) < 4.78 is 1.77. The molecule has 2 aromatic rings. The summed E-state index contributed by atoms with van der Waals surface area (Å²) in [7, 11) is 0. The summed E-state index contributed by atoms with van der Waals surface area (Å²) >= 11 is 0. The zero-order valence-corrected chi connectivity index (χ0v) is 21.2. The van der Waals surface area contributed by atoms with Gasteiger partial charge in [-0.2, -0.15) is 5.10 Å². The quantitative estimate of drug-likeness (QED) is 0.648. The molecule has 3 fully saturated rings. The van der Waals surface area contributed by atoms with Crippen molar-refractivity contribution in [2.75, 3.05) is 36.8 Å². The number of nitrogens with zero attached hydrogens (tertiary/aromatic N) is 4. The number of anilines is 2. The second kappa shape index (κ2) is 9.95. The van der Waals surface area contributed by atoms with Gasteiger partial charge < -0.3 is 20.4 Å². The molecule has 0 bridgehead atoms. The molecule has 5 rings (SSSR count). The molecule has 3 aliphatic rings. The maximum absolute atomic E-state index is 13.4. The van der Waals surface area contributed by atoms with Gasteiger partial charge in [-0.3, -0.25) is 14.3 Å². The highest BCUT2D eigenvalue weighted by Gasteiger charge is 2.51. The molecule has 0 radical (unpaired) electrons. The van der Waals surface area contributed by atoms with Crippen molar-refractivity contribution in [1.29, 1.82) is 0 Å². The molecule has 1 aromatic carbocycles. The predicted octanol–water partition coefficient (Wildman–Crippen LogP) is 4.36. The lowest BCUT2D eigenvalue weighted by Gasteiger charge is -2.30. The molecule has 192 valence electrons. The van der Waals surface area contributed by atoms with Crippen molar-refractivity contribution in [3.8, 4) is 0 Å². The molecule has 2 atom stereocenters. The van der Waals surface area contributed by atoms with Gasteiger partial charge in [-0.05, 0) is 70.2 Å². The van der Waals surface area contributed by atoms with Crippen molar-refractivity contribution in [1.82, 2.24) is 19.6 Å². The first-order valence-corrected chi connectivity index (χ1v) is 13.2. The van der Waals surface area contributed by atoms with E-state index in [0.29, 0.717) is 30.2 Å². The van der Waals surface area contributed by atoms with E-state index in [1.165, 1.54) is 0 Å². The van der Waals surface area contributed by atoms with Crippen LogP contribution in [0.15, 0.2) is 36.5 Å². The molecule has 2 unspecified atom stereocenters. The Morgan fingerprint density at radius 2 is 1.72 bits per heavy atom. The van der Waals surface area contributed by atoms with Gasteiger partial charge in [0.25, 0.3) is 5.91 Å². The minimum absolute atomic E-state index is 0.00274. The van der Waals surface area contributed by atoms with Crippen molar-refractivity contribution in [3.05, 3.63) is 42.2 Å². The largest absolute Gasteiger partial charge is 0.337 e. The minimum Gasteiger partial charge on any atom is -0.337 e. The van der Waals surface area contributed by atoms with Gasteiger partial charge in [0.15, 0.2) is 0 Å². The van der Waals surface area contributed by atoms with Crippen LogP contribution in [0.3, 0.4) is 0 Å². The van der Waals surface area contributed by atoms with Gasteiger partial charge in [0.1, 0.15) is 5.69 Å². The monoisotopic (exact) mass is 492 g/mol. The Kier molecular flexibility index (Phi) is 6.73. The van der Waals surface area contributed by atoms with E-state index in [9.17, 15) is 14.4 Å². The van der Waals surface area contributed by atoms with Gasteiger partial charge in [-0.15, -0.1) is 0 Å². The molecule has 36 heavy (non-hydrogen) atoms. The second-order valence-corrected chi connectivity index (χ2v) is 10.7. The number of benzene rings is 1. The summed E-state index contributed by atoms with van der Waals surface area (Å²) in [6.45, 7) is 6.85. The Morgan fingerprint density at radius 3 is 2.47 bits per heavy atom. The molecule has 2 N–H and O–H groups in total. The fraction of sp³-hybridized carbons (Fsp3) is 0.556. The van der Waals surface area contributed by atoms with Crippen molar-refractivity contribution in [3.63, 3.8) is 0 Å². The summed E-state index contributed by atoms with van der Waals surface area (Å²) in [5.74, 6) is -0.157. The number of hydrogen-bond donors (Lipinski definition) is 2. The molecule has 9 heteroatoms. The predicted molar refractivity (Wildman–Crippen MR) is 138 cm³/mol. The maximum Gasteiger partial charge on any atom is 0.321 e. The van der Waals surface area contributed by atoms with E-state index in [-0.39, 0.29) is 35.2 Å². The number of rotatable bonds is 5. The van der Waals surface area contributed by atoms with Crippen molar-refractivity contribution < 1.29 is 14.4 Å².